The molecule has 5 heteroatoms. The van der Waals surface area contributed by atoms with E-state index in [1.54, 1.807) is 36.4 Å². The van der Waals surface area contributed by atoms with Gasteiger partial charge >= 0.3 is 5.97 Å². The molecule has 0 radical (unpaired) electrons. The molecule has 100 valence electrons. The van der Waals surface area contributed by atoms with Gasteiger partial charge in [0.05, 0.1) is 11.1 Å². The molecule has 1 aromatic heterocycles. The van der Waals surface area contributed by atoms with Crippen LogP contribution in [0.4, 0.5) is 5.82 Å². The fraction of sp³-hybridized carbons (Fsp3) is 0.133. The summed E-state index contributed by atoms with van der Waals surface area (Å²) in [6.07, 6.45) is 1.53. The first-order chi connectivity index (χ1) is 9.60. The predicted molar refractivity (Wildman–Crippen MR) is 74.5 cm³/mol. The van der Waals surface area contributed by atoms with E-state index in [0.717, 1.165) is 11.4 Å². The number of aromatic nitrogens is 1. The van der Waals surface area contributed by atoms with E-state index in [9.17, 15) is 4.79 Å². The van der Waals surface area contributed by atoms with Gasteiger partial charge in [0, 0.05) is 19.8 Å². The second-order valence-corrected chi connectivity index (χ2v) is 4.38. The van der Waals surface area contributed by atoms with Crippen LogP contribution in [0.2, 0.25) is 0 Å². The summed E-state index contributed by atoms with van der Waals surface area (Å²) in [5.74, 6) is -0.176. The van der Waals surface area contributed by atoms with Crippen LogP contribution < -0.4 is 4.90 Å². The number of rotatable bonds is 4. The average Bonchev–Trinajstić information content (AvgIpc) is 2.48. The lowest BCUT2D eigenvalue weighted by atomic mass is 10.1. The molecule has 1 aromatic carbocycles. The minimum atomic E-state index is -0.932. The second kappa shape index (κ2) is 5.85. The fourth-order valence-corrected chi connectivity index (χ4v) is 1.79. The average molecular weight is 267 g/mol. The van der Waals surface area contributed by atoms with Crippen molar-refractivity contribution >= 4 is 11.8 Å². The first kappa shape index (κ1) is 13.6. The van der Waals surface area contributed by atoms with E-state index >= 15 is 0 Å². The van der Waals surface area contributed by atoms with Gasteiger partial charge < -0.3 is 10.0 Å². The van der Waals surface area contributed by atoms with Gasteiger partial charge in [-0.2, -0.15) is 5.26 Å². The lowest BCUT2D eigenvalue weighted by molar-refractivity contribution is 0.0697. The number of nitrogens with zero attached hydrogens (tertiary/aromatic N) is 3. The van der Waals surface area contributed by atoms with Crippen LogP contribution in [0.5, 0.6) is 0 Å². The molecule has 0 saturated carbocycles. The summed E-state index contributed by atoms with van der Waals surface area (Å²) in [4.78, 5) is 16.9. The molecule has 5 nitrogen and oxygen atoms in total. The zero-order valence-electron chi connectivity index (χ0n) is 10.9. The number of hydrogen-bond acceptors (Lipinski definition) is 4. The molecular formula is C15H13N3O2. The van der Waals surface area contributed by atoms with Gasteiger partial charge in [-0.25, -0.2) is 9.78 Å². The molecule has 0 fully saturated rings. The van der Waals surface area contributed by atoms with Crippen molar-refractivity contribution in [1.29, 1.82) is 5.26 Å². The van der Waals surface area contributed by atoms with Crippen LogP contribution >= 0.6 is 0 Å². The highest BCUT2D eigenvalue weighted by Crippen LogP contribution is 2.13. The van der Waals surface area contributed by atoms with Crippen molar-refractivity contribution in [3.05, 3.63) is 59.3 Å². The third-order valence-electron chi connectivity index (χ3n) is 2.89. The lowest BCUT2D eigenvalue weighted by Crippen LogP contribution is -2.17. The van der Waals surface area contributed by atoms with Crippen LogP contribution in [0.3, 0.4) is 0 Å². The number of hydrogen-bond donors (Lipinski definition) is 1. The zero-order valence-corrected chi connectivity index (χ0v) is 10.9. The van der Waals surface area contributed by atoms with Gasteiger partial charge in [0.15, 0.2) is 0 Å². The summed E-state index contributed by atoms with van der Waals surface area (Å²) in [5.41, 5.74) is 1.78. The van der Waals surface area contributed by atoms with Crippen LogP contribution in [0.15, 0.2) is 42.6 Å². The van der Waals surface area contributed by atoms with Crippen LogP contribution in [0.25, 0.3) is 0 Å². The molecule has 0 aliphatic heterocycles. The number of carbonyl (C=O) groups is 1. The number of nitriles is 1. The Morgan fingerprint density at radius 1 is 1.30 bits per heavy atom. The Morgan fingerprint density at radius 3 is 2.50 bits per heavy atom. The van der Waals surface area contributed by atoms with E-state index in [2.05, 4.69) is 4.98 Å². The lowest BCUT2D eigenvalue weighted by Gasteiger charge is -2.18. The van der Waals surface area contributed by atoms with E-state index in [1.165, 1.54) is 6.20 Å². The standard InChI is InChI=1S/C15H13N3O2/c1-18(14-7-4-12(8-16)9-17-14)10-11-2-5-13(6-3-11)15(19)20/h2-7,9H,10H2,1H3,(H,19,20). The summed E-state index contributed by atoms with van der Waals surface area (Å²) in [6.45, 7) is 0.610. The highest BCUT2D eigenvalue weighted by molar-refractivity contribution is 5.87. The van der Waals surface area contributed by atoms with E-state index < -0.39 is 5.97 Å². The van der Waals surface area contributed by atoms with Gasteiger partial charge in [-0.1, -0.05) is 12.1 Å². The highest BCUT2D eigenvalue weighted by Gasteiger charge is 2.06. The van der Waals surface area contributed by atoms with Gasteiger partial charge in [0.2, 0.25) is 0 Å². The Bertz CT molecular complexity index is 642. The predicted octanol–water partition coefficient (Wildman–Crippen LogP) is 2.29. The third kappa shape index (κ3) is 3.12. The van der Waals surface area contributed by atoms with Crippen molar-refractivity contribution in [3.63, 3.8) is 0 Å². The van der Waals surface area contributed by atoms with Crippen LogP contribution in [-0.4, -0.2) is 23.1 Å². The Hall–Kier alpha value is -2.87. The van der Waals surface area contributed by atoms with E-state index in [0.29, 0.717) is 12.1 Å². The van der Waals surface area contributed by atoms with Crippen molar-refractivity contribution in [2.24, 2.45) is 0 Å². The molecule has 1 heterocycles. The number of benzene rings is 1. The Morgan fingerprint density at radius 2 is 2.00 bits per heavy atom. The maximum Gasteiger partial charge on any atom is 0.335 e. The quantitative estimate of drug-likeness (QED) is 0.919. The molecule has 0 atom stereocenters. The van der Waals surface area contributed by atoms with Gasteiger partial charge in [0.1, 0.15) is 11.9 Å². The molecule has 0 saturated heterocycles. The normalized spacial score (nSPS) is 9.80. The Balaban J connectivity index is 2.08. The molecule has 0 aliphatic rings. The summed E-state index contributed by atoms with van der Waals surface area (Å²) in [6, 6.07) is 12.2. The maximum atomic E-state index is 10.8. The number of anilines is 1. The molecule has 0 bridgehead atoms. The topological polar surface area (TPSA) is 77.2 Å². The van der Waals surface area contributed by atoms with Crippen molar-refractivity contribution in [2.45, 2.75) is 6.54 Å². The van der Waals surface area contributed by atoms with Crippen molar-refractivity contribution in [3.8, 4) is 6.07 Å². The molecule has 2 rings (SSSR count). The number of aromatic carboxylic acids is 1. The van der Waals surface area contributed by atoms with Crippen molar-refractivity contribution in [2.75, 3.05) is 11.9 Å². The molecular weight excluding hydrogens is 254 g/mol. The first-order valence-electron chi connectivity index (χ1n) is 5.99. The molecule has 0 spiro atoms. The fourth-order valence-electron chi connectivity index (χ4n) is 1.79. The SMILES string of the molecule is CN(Cc1ccc(C(=O)O)cc1)c1ccc(C#N)cn1. The van der Waals surface area contributed by atoms with Crippen molar-refractivity contribution in [1.82, 2.24) is 4.98 Å². The second-order valence-electron chi connectivity index (χ2n) is 4.38. The minimum absolute atomic E-state index is 0.271. The minimum Gasteiger partial charge on any atom is -0.478 e. The van der Waals surface area contributed by atoms with Crippen molar-refractivity contribution < 1.29 is 9.90 Å². The molecule has 0 aliphatic carbocycles. The molecule has 0 amide bonds. The number of carboxylic acids is 1. The molecule has 0 unspecified atom stereocenters. The molecule has 2 aromatic rings. The van der Waals surface area contributed by atoms with Crippen LogP contribution in [0, 0.1) is 11.3 Å². The van der Waals surface area contributed by atoms with E-state index in [-0.39, 0.29) is 5.56 Å². The van der Waals surface area contributed by atoms with Gasteiger partial charge in [-0.15, -0.1) is 0 Å². The zero-order chi connectivity index (χ0) is 14.5. The number of pyridine rings is 1. The highest BCUT2D eigenvalue weighted by atomic mass is 16.4. The maximum absolute atomic E-state index is 10.8. The third-order valence-corrected chi connectivity index (χ3v) is 2.89. The summed E-state index contributed by atoms with van der Waals surface area (Å²) in [7, 11) is 1.89. The summed E-state index contributed by atoms with van der Waals surface area (Å²) in [5, 5.41) is 17.6. The Labute approximate surface area is 116 Å². The summed E-state index contributed by atoms with van der Waals surface area (Å²) >= 11 is 0. The molecule has 1 N–H and O–H groups in total. The smallest absolute Gasteiger partial charge is 0.335 e. The van der Waals surface area contributed by atoms with Gasteiger partial charge in [0.25, 0.3) is 0 Å². The Kier molecular flexibility index (Phi) is 3.96. The first-order valence-corrected chi connectivity index (χ1v) is 5.99. The number of carboxylic acid groups (broad SMARTS) is 1. The largest absolute Gasteiger partial charge is 0.478 e. The monoisotopic (exact) mass is 267 g/mol. The summed E-state index contributed by atoms with van der Waals surface area (Å²) < 4.78 is 0. The van der Waals surface area contributed by atoms with Crippen LogP contribution in [0.1, 0.15) is 21.5 Å². The van der Waals surface area contributed by atoms with Crippen LogP contribution in [-0.2, 0) is 6.54 Å². The molecule has 20 heavy (non-hydrogen) atoms. The van der Waals surface area contributed by atoms with E-state index in [1.807, 2.05) is 18.0 Å². The van der Waals surface area contributed by atoms with E-state index in [4.69, 9.17) is 10.4 Å². The van der Waals surface area contributed by atoms with Gasteiger partial charge in [-0.3, -0.25) is 0 Å². The van der Waals surface area contributed by atoms with Gasteiger partial charge in [-0.05, 0) is 29.8 Å².